The van der Waals surface area contributed by atoms with E-state index in [0.29, 0.717) is 38.4 Å². The third-order valence-electron chi connectivity index (χ3n) is 4.69. The van der Waals surface area contributed by atoms with Crippen LogP contribution in [0.3, 0.4) is 0 Å². The quantitative estimate of drug-likeness (QED) is 0.814. The normalized spacial score (nSPS) is 16.5. The lowest BCUT2D eigenvalue weighted by atomic mass is 9.86. The number of carbonyl (C=O) groups excluding carboxylic acids is 2. The minimum Gasteiger partial charge on any atom is -0.372 e. The average Bonchev–Trinajstić information content (AvgIpc) is 3.32. The van der Waals surface area contributed by atoms with Gasteiger partial charge >= 0.3 is 0 Å². The number of ether oxygens (including phenoxy) is 1. The molecule has 0 unspecified atom stereocenters. The first-order chi connectivity index (χ1) is 12.5. The minimum absolute atomic E-state index is 0.0500. The summed E-state index contributed by atoms with van der Waals surface area (Å²) in [5.74, 6) is 0.279. The number of hydrogen-bond acceptors (Lipinski definition) is 5. The summed E-state index contributed by atoms with van der Waals surface area (Å²) >= 11 is 0. The Hall–Kier alpha value is -2.68. The highest BCUT2D eigenvalue weighted by molar-refractivity contribution is 5.96. The molecule has 1 aliphatic rings. The van der Waals surface area contributed by atoms with Crippen LogP contribution in [0.15, 0.2) is 30.7 Å². The first-order valence-corrected chi connectivity index (χ1v) is 8.72. The number of nitrogens with one attached hydrogen (secondary N) is 1. The highest BCUT2D eigenvalue weighted by atomic mass is 16.5. The molecule has 9 heteroatoms. The fraction of sp³-hybridized carbons (Fsp3) is 0.529. The van der Waals surface area contributed by atoms with Crippen molar-refractivity contribution in [3.8, 4) is 0 Å². The Morgan fingerprint density at radius 3 is 2.65 bits per heavy atom. The molecule has 0 aromatic carbocycles. The fourth-order valence-corrected chi connectivity index (χ4v) is 3.20. The van der Waals surface area contributed by atoms with Crippen LogP contribution in [0.4, 0.5) is 5.82 Å². The molecule has 1 fully saturated rings. The molecule has 0 radical (unpaired) electrons. The Morgan fingerprint density at radius 2 is 2.08 bits per heavy atom. The van der Waals surface area contributed by atoms with Crippen molar-refractivity contribution >= 4 is 17.6 Å². The summed E-state index contributed by atoms with van der Waals surface area (Å²) in [7, 11) is 1.79. The molecule has 2 aromatic heterocycles. The zero-order valence-corrected chi connectivity index (χ0v) is 15.1. The van der Waals surface area contributed by atoms with Crippen molar-refractivity contribution in [2.45, 2.75) is 25.3 Å². The molecule has 26 heavy (non-hydrogen) atoms. The van der Waals surface area contributed by atoms with Gasteiger partial charge in [-0.2, -0.15) is 10.2 Å². The number of aryl methyl sites for hydroxylation is 1. The van der Waals surface area contributed by atoms with E-state index in [9.17, 15) is 9.59 Å². The molecule has 1 aliphatic heterocycles. The molecule has 0 saturated carbocycles. The van der Waals surface area contributed by atoms with Gasteiger partial charge in [-0.3, -0.25) is 19.0 Å². The van der Waals surface area contributed by atoms with E-state index in [1.807, 2.05) is 6.92 Å². The fourth-order valence-electron chi connectivity index (χ4n) is 3.20. The molecule has 140 valence electrons. The summed E-state index contributed by atoms with van der Waals surface area (Å²) in [5.41, 5.74) is -0.844. The molecule has 0 bridgehead atoms. The Bertz CT molecular complexity index is 746. The number of piperidine rings is 1. The Morgan fingerprint density at radius 1 is 1.31 bits per heavy atom. The number of aromatic nitrogens is 4. The van der Waals surface area contributed by atoms with E-state index in [4.69, 9.17) is 4.74 Å². The highest BCUT2D eigenvalue weighted by Gasteiger charge is 2.44. The van der Waals surface area contributed by atoms with Crippen LogP contribution in [-0.2, 0) is 26.9 Å². The zero-order valence-electron chi connectivity index (χ0n) is 15.1. The van der Waals surface area contributed by atoms with Crippen molar-refractivity contribution in [1.82, 2.24) is 24.5 Å². The molecule has 0 aliphatic carbocycles. The molecule has 2 amide bonds. The van der Waals surface area contributed by atoms with Gasteiger partial charge in [-0.15, -0.1) is 0 Å². The van der Waals surface area contributed by atoms with Gasteiger partial charge in [0.25, 0.3) is 5.91 Å². The molecule has 0 spiro atoms. The van der Waals surface area contributed by atoms with Crippen molar-refractivity contribution < 1.29 is 14.3 Å². The number of anilines is 1. The van der Waals surface area contributed by atoms with Crippen molar-refractivity contribution in [2.75, 3.05) is 31.6 Å². The molecule has 1 saturated heterocycles. The maximum absolute atomic E-state index is 13.1. The summed E-state index contributed by atoms with van der Waals surface area (Å²) in [6.45, 7) is 3.38. The minimum atomic E-state index is -0.844. The smallest absolute Gasteiger partial charge is 0.253 e. The van der Waals surface area contributed by atoms with Gasteiger partial charge in [0.05, 0.1) is 0 Å². The lowest BCUT2D eigenvalue weighted by Crippen LogP contribution is -2.55. The summed E-state index contributed by atoms with van der Waals surface area (Å²) in [6.07, 6.45) is 6.17. The number of nitrogens with zero attached hydrogens (tertiary/aromatic N) is 5. The first kappa shape index (κ1) is 18.1. The van der Waals surface area contributed by atoms with E-state index < -0.39 is 5.54 Å². The van der Waals surface area contributed by atoms with E-state index in [1.165, 1.54) is 0 Å². The van der Waals surface area contributed by atoms with Crippen molar-refractivity contribution in [3.63, 3.8) is 0 Å². The SMILES string of the molecule is CCOCC(=O)N1CCC(C(=O)Nc2ccn(C)n2)(n2cccn2)CC1. The Kier molecular flexibility index (Phi) is 5.36. The van der Waals surface area contributed by atoms with Gasteiger partial charge in [0.1, 0.15) is 12.1 Å². The van der Waals surface area contributed by atoms with Gasteiger partial charge in [-0.25, -0.2) is 0 Å². The molecule has 3 heterocycles. The second-order valence-corrected chi connectivity index (χ2v) is 6.33. The van der Waals surface area contributed by atoms with Crippen LogP contribution in [0.5, 0.6) is 0 Å². The van der Waals surface area contributed by atoms with Crippen LogP contribution < -0.4 is 5.32 Å². The number of hydrogen-bond donors (Lipinski definition) is 1. The van der Waals surface area contributed by atoms with Crippen molar-refractivity contribution in [3.05, 3.63) is 30.7 Å². The van der Waals surface area contributed by atoms with Crippen LogP contribution >= 0.6 is 0 Å². The van der Waals surface area contributed by atoms with E-state index in [-0.39, 0.29) is 18.4 Å². The average molecular weight is 360 g/mol. The van der Waals surface area contributed by atoms with E-state index in [0.717, 1.165) is 0 Å². The van der Waals surface area contributed by atoms with Crippen LogP contribution in [0.25, 0.3) is 0 Å². The standard InChI is InChI=1S/C17H24N6O3/c1-3-26-13-15(24)22-11-6-17(7-12-22,23-9-4-8-18-23)16(25)19-14-5-10-21(2)20-14/h4-5,8-10H,3,6-7,11-13H2,1-2H3,(H,19,20,25). The van der Waals surface area contributed by atoms with Gasteiger partial charge in [0.15, 0.2) is 5.82 Å². The second-order valence-electron chi connectivity index (χ2n) is 6.33. The lowest BCUT2D eigenvalue weighted by Gasteiger charge is -2.40. The molecule has 3 rings (SSSR count). The van der Waals surface area contributed by atoms with Gasteiger partial charge in [0, 0.05) is 51.4 Å². The number of likely N-dealkylation sites (tertiary alicyclic amines) is 1. The maximum Gasteiger partial charge on any atom is 0.253 e. The monoisotopic (exact) mass is 360 g/mol. The van der Waals surface area contributed by atoms with Gasteiger partial charge in [-0.05, 0) is 25.8 Å². The Balaban J connectivity index is 1.75. The predicted octanol–water partition coefficient (Wildman–Crippen LogP) is 0.609. The van der Waals surface area contributed by atoms with Crippen LogP contribution in [0, 0.1) is 0 Å². The molecule has 2 aromatic rings. The molecule has 9 nitrogen and oxygen atoms in total. The molecular formula is C17H24N6O3. The summed E-state index contributed by atoms with van der Waals surface area (Å²) < 4.78 is 8.52. The third-order valence-corrected chi connectivity index (χ3v) is 4.69. The number of amides is 2. The van der Waals surface area contributed by atoms with E-state index in [2.05, 4.69) is 15.5 Å². The first-order valence-electron chi connectivity index (χ1n) is 8.72. The molecule has 1 N–H and O–H groups in total. The maximum atomic E-state index is 13.1. The van der Waals surface area contributed by atoms with Crippen molar-refractivity contribution in [2.24, 2.45) is 7.05 Å². The number of rotatable bonds is 6. The topological polar surface area (TPSA) is 94.3 Å². The van der Waals surface area contributed by atoms with Gasteiger partial charge in [0.2, 0.25) is 5.91 Å². The predicted molar refractivity (Wildman–Crippen MR) is 94.3 cm³/mol. The molecular weight excluding hydrogens is 336 g/mol. The summed E-state index contributed by atoms with van der Waals surface area (Å²) in [5, 5.41) is 11.4. The summed E-state index contributed by atoms with van der Waals surface area (Å²) in [6, 6.07) is 3.54. The summed E-state index contributed by atoms with van der Waals surface area (Å²) in [4.78, 5) is 27.0. The highest BCUT2D eigenvalue weighted by Crippen LogP contribution is 2.31. The van der Waals surface area contributed by atoms with Gasteiger partial charge < -0.3 is 15.0 Å². The van der Waals surface area contributed by atoms with Crippen LogP contribution in [0.1, 0.15) is 19.8 Å². The second kappa shape index (κ2) is 7.69. The van der Waals surface area contributed by atoms with E-state index >= 15 is 0 Å². The molecule has 0 atom stereocenters. The Labute approximate surface area is 151 Å². The number of carbonyl (C=O) groups is 2. The van der Waals surface area contributed by atoms with Crippen molar-refractivity contribution in [1.29, 1.82) is 0 Å². The van der Waals surface area contributed by atoms with E-state index in [1.54, 1.807) is 52.0 Å². The van der Waals surface area contributed by atoms with Gasteiger partial charge in [-0.1, -0.05) is 0 Å². The lowest BCUT2D eigenvalue weighted by molar-refractivity contribution is -0.141. The zero-order chi connectivity index (χ0) is 18.6. The van der Waals surface area contributed by atoms with Crippen LogP contribution in [0.2, 0.25) is 0 Å². The largest absolute Gasteiger partial charge is 0.372 e. The third kappa shape index (κ3) is 3.62. The van der Waals surface area contributed by atoms with Crippen LogP contribution in [-0.4, -0.2) is 62.6 Å².